The highest BCUT2D eigenvalue weighted by atomic mass is 16.6. The molecule has 2 aromatic carbocycles. The molecule has 2 heterocycles. The second kappa shape index (κ2) is 8.55. The minimum atomic E-state index is -0.622. The number of anilines is 1. The van der Waals surface area contributed by atoms with E-state index in [1.54, 1.807) is 49.4 Å². The van der Waals surface area contributed by atoms with Crippen molar-refractivity contribution in [1.82, 2.24) is 30.7 Å². The van der Waals surface area contributed by atoms with Crippen molar-refractivity contribution in [2.24, 2.45) is 5.10 Å². The standard InChI is InChI=1S/C20H18N8O4/c1-11(12-5-3-7-14(29)9-12)22-24-20(30)16-17(13-6-4-8-15(10-13)31-2)28(27-23-16)19-18(21)25-32-26-19/h3-10,29H,1-2H3,(H2,21,25)(H,24,30). The van der Waals surface area contributed by atoms with Gasteiger partial charge < -0.3 is 15.6 Å². The van der Waals surface area contributed by atoms with Gasteiger partial charge in [0.05, 0.1) is 12.8 Å². The van der Waals surface area contributed by atoms with Crippen molar-refractivity contribution in [3.05, 3.63) is 59.8 Å². The SMILES string of the molecule is COc1cccc(-c2c(C(=O)NN=C(C)c3cccc(O)c3)nnn2-c2nonc2N)c1. The molecule has 1 amide bonds. The number of methoxy groups -OCH3 is 1. The van der Waals surface area contributed by atoms with Crippen LogP contribution in [0.2, 0.25) is 0 Å². The van der Waals surface area contributed by atoms with E-state index in [0.717, 1.165) is 0 Å². The van der Waals surface area contributed by atoms with Crippen LogP contribution in [-0.4, -0.2) is 49.1 Å². The Balaban J connectivity index is 1.73. The summed E-state index contributed by atoms with van der Waals surface area (Å²) in [4.78, 5) is 13.0. The van der Waals surface area contributed by atoms with Crippen molar-refractivity contribution in [2.45, 2.75) is 6.92 Å². The molecule has 4 aromatic rings. The van der Waals surface area contributed by atoms with Crippen LogP contribution in [0.15, 0.2) is 58.3 Å². The van der Waals surface area contributed by atoms with E-state index < -0.39 is 5.91 Å². The van der Waals surface area contributed by atoms with Crippen LogP contribution in [-0.2, 0) is 0 Å². The van der Waals surface area contributed by atoms with Crippen molar-refractivity contribution in [3.63, 3.8) is 0 Å². The third-order valence-electron chi connectivity index (χ3n) is 4.51. The first-order chi connectivity index (χ1) is 15.5. The summed E-state index contributed by atoms with van der Waals surface area (Å²) in [6.07, 6.45) is 0. The van der Waals surface area contributed by atoms with E-state index in [2.05, 4.69) is 35.8 Å². The number of ether oxygens (including phenoxy) is 1. The lowest BCUT2D eigenvalue weighted by Gasteiger charge is -2.08. The predicted molar refractivity (Wildman–Crippen MR) is 113 cm³/mol. The maximum Gasteiger partial charge on any atom is 0.294 e. The van der Waals surface area contributed by atoms with E-state index >= 15 is 0 Å². The Labute approximate surface area is 181 Å². The summed E-state index contributed by atoms with van der Waals surface area (Å²) in [5.74, 6) is 0.0808. The molecule has 0 radical (unpaired) electrons. The van der Waals surface area contributed by atoms with E-state index in [1.165, 1.54) is 17.9 Å². The fraction of sp³-hybridized carbons (Fsp3) is 0.100. The molecule has 4 N–H and O–H groups in total. The second-order valence-corrected chi connectivity index (χ2v) is 6.59. The third-order valence-corrected chi connectivity index (χ3v) is 4.51. The fourth-order valence-electron chi connectivity index (χ4n) is 2.93. The zero-order chi connectivity index (χ0) is 22.7. The van der Waals surface area contributed by atoms with Crippen molar-refractivity contribution < 1.29 is 19.3 Å². The molecule has 12 nitrogen and oxygen atoms in total. The van der Waals surface area contributed by atoms with Gasteiger partial charge in [-0.3, -0.25) is 4.79 Å². The molecular weight excluding hydrogens is 416 g/mol. The Bertz CT molecular complexity index is 1310. The summed E-state index contributed by atoms with van der Waals surface area (Å²) in [5.41, 5.74) is 10.2. The molecule has 0 fully saturated rings. The molecule has 0 atom stereocenters. The smallest absolute Gasteiger partial charge is 0.294 e. The van der Waals surface area contributed by atoms with Crippen LogP contribution in [0, 0.1) is 0 Å². The van der Waals surface area contributed by atoms with Crippen LogP contribution in [0.1, 0.15) is 23.0 Å². The largest absolute Gasteiger partial charge is 0.508 e. The number of nitrogens with two attached hydrogens (primary N) is 1. The van der Waals surface area contributed by atoms with Crippen molar-refractivity contribution in [1.29, 1.82) is 0 Å². The molecule has 0 unspecified atom stereocenters. The molecular formula is C20H18N8O4. The van der Waals surface area contributed by atoms with Crippen LogP contribution in [0.4, 0.5) is 5.82 Å². The first kappa shape index (κ1) is 20.5. The van der Waals surface area contributed by atoms with Gasteiger partial charge in [0.15, 0.2) is 5.69 Å². The molecule has 0 aliphatic carbocycles. The number of hydrogen-bond acceptors (Lipinski definition) is 10. The lowest BCUT2D eigenvalue weighted by molar-refractivity contribution is 0.0950. The Hall–Kier alpha value is -4.74. The summed E-state index contributed by atoms with van der Waals surface area (Å²) in [6, 6.07) is 13.5. The van der Waals surface area contributed by atoms with Gasteiger partial charge in [-0.25, -0.2) is 10.1 Å². The van der Waals surface area contributed by atoms with Crippen LogP contribution in [0.3, 0.4) is 0 Å². The summed E-state index contributed by atoms with van der Waals surface area (Å²) in [6.45, 7) is 1.69. The van der Waals surface area contributed by atoms with E-state index in [4.69, 9.17) is 10.5 Å². The predicted octanol–water partition coefficient (Wildman–Crippen LogP) is 1.77. The monoisotopic (exact) mass is 434 g/mol. The van der Waals surface area contributed by atoms with Gasteiger partial charge in [-0.05, 0) is 41.5 Å². The van der Waals surface area contributed by atoms with Crippen molar-refractivity contribution in [2.75, 3.05) is 12.8 Å². The number of hydrogen-bond donors (Lipinski definition) is 3. The number of aromatic nitrogens is 5. The summed E-state index contributed by atoms with van der Waals surface area (Å²) < 4.78 is 11.2. The number of rotatable bonds is 6. The number of benzene rings is 2. The Kier molecular flexibility index (Phi) is 5.49. The Morgan fingerprint density at radius 2 is 2.03 bits per heavy atom. The average molecular weight is 434 g/mol. The molecule has 4 rings (SSSR count). The number of phenolic OH excluding ortho intramolecular Hbond substituents is 1. The molecule has 0 saturated heterocycles. The number of hydrazone groups is 1. The number of carbonyl (C=O) groups excluding carboxylic acids is 1. The first-order valence-electron chi connectivity index (χ1n) is 9.30. The van der Waals surface area contributed by atoms with Gasteiger partial charge in [0.2, 0.25) is 11.6 Å². The topological polar surface area (TPSA) is 167 Å². The normalized spacial score (nSPS) is 11.4. The molecule has 162 valence electrons. The highest BCUT2D eigenvalue weighted by molar-refractivity contribution is 6.02. The average Bonchev–Trinajstić information content (AvgIpc) is 3.43. The summed E-state index contributed by atoms with van der Waals surface area (Å²) in [5, 5.41) is 29.0. The number of nitrogen functional groups attached to an aromatic ring is 1. The second-order valence-electron chi connectivity index (χ2n) is 6.59. The molecule has 32 heavy (non-hydrogen) atoms. The number of aromatic hydroxyl groups is 1. The maximum atomic E-state index is 13.0. The number of nitrogens with zero attached hydrogens (tertiary/aromatic N) is 6. The number of nitrogens with one attached hydrogen (secondary N) is 1. The minimum absolute atomic E-state index is 0.0243. The van der Waals surface area contributed by atoms with Gasteiger partial charge in [-0.1, -0.05) is 29.5 Å². The third kappa shape index (κ3) is 3.96. The van der Waals surface area contributed by atoms with Crippen LogP contribution < -0.4 is 15.9 Å². The Morgan fingerprint density at radius 1 is 1.22 bits per heavy atom. The highest BCUT2D eigenvalue weighted by Crippen LogP contribution is 2.29. The van der Waals surface area contributed by atoms with Gasteiger partial charge >= 0.3 is 0 Å². The fourth-order valence-corrected chi connectivity index (χ4v) is 2.93. The minimum Gasteiger partial charge on any atom is -0.508 e. The molecule has 0 aliphatic rings. The molecule has 0 bridgehead atoms. The summed E-state index contributed by atoms with van der Waals surface area (Å²) in [7, 11) is 1.53. The Morgan fingerprint density at radius 3 is 2.75 bits per heavy atom. The first-order valence-corrected chi connectivity index (χ1v) is 9.30. The van der Waals surface area contributed by atoms with Gasteiger partial charge in [-0.15, -0.1) is 5.10 Å². The maximum absolute atomic E-state index is 13.0. The zero-order valence-corrected chi connectivity index (χ0v) is 17.1. The summed E-state index contributed by atoms with van der Waals surface area (Å²) >= 11 is 0. The van der Waals surface area contributed by atoms with Crippen LogP contribution in [0.5, 0.6) is 11.5 Å². The zero-order valence-electron chi connectivity index (χ0n) is 17.1. The van der Waals surface area contributed by atoms with Crippen molar-refractivity contribution in [3.8, 4) is 28.6 Å². The molecule has 2 aromatic heterocycles. The molecule has 0 saturated carbocycles. The van der Waals surface area contributed by atoms with E-state index in [9.17, 15) is 9.90 Å². The number of carbonyl (C=O) groups is 1. The van der Waals surface area contributed by atoms with E-state index in [-0.39, 0.29) is 28.8 Å². The van der Waals surface area contributed by atoms with Gasteiger partial charge in [0, 0.05) is 11.1 Å². The van der Waals surface area contributed by atoms with Gasteiger partial charge in [0.1, 0.15) is 17.2 Å². The molecule has 0 spiro atoms. The lowest BCUT2D eigenvalue weighted by atomic mass is 10.1. The van der Waals surface area contributed by atoms with E-state index in [0.29, 0.717) is 22.6 Å². The molecule has 0 aliphatic heterocycles. The van der Waals surface area contributed by atoms with Gasteiger partial charge in [-0.2, -0.15) is 9.78 Å². The van der Waals surface area contributed by atoms with Gasteiger partial charge in [0.25, 0.3) is 5.91 Å². The van der Waals surface area contributed by atoms with Crippen molar-refractivity contribution >= 4 is 17.4 Å². The molecule has 12 heteroatoms. The van der Waals surface area contributed by atoms with Crippen LogP contribution in [0.25, 0.3) is 17.1 Å². The number of phenols is 1. The lowest BCUT2D eigenvalue weighted by Crippen LogP contribution is -2.21. The number of amides is 1. The van der Waals surface area contributed by atoms with Crippen LogP contribution >= 0.6 is 0 Å². The quantitative estimate of drug-likeness (QED) is 0.303. The highest BCUT2D eigenvalue weighted by Gasteiger charge is 2.25. The van der Waals surface area contributed by atoms with E-state index in [1.807, 2.05) is 0 Å².